The second kappa shape index (κ2) is 11.1. The molecule has 0 amide bonds. The third-order valence-corrected chi connectivity index (χ3v) is 5.36. The summed E-state index contributed by atoms with van der Waals surface area (Å²) in [5.74, 6) is 1.69. The van der Waals surface area contributed by atoms with Crippen molar-refractivity contribution in [2.45, 2.75) is 59.5 Å². The molecule has 0 aliphatic carbocycles. The molecule has 150 valence electrons. The van der Waals surface area contributed by atoms with Gasteiger partial charge in [-0.1, -0.05) is 50.1 Å². The molecule has 0 spiro atoms. The minimum absolute atomic E-state index is 0.229. The van der Waals surface area contributed by atoms with Crippen LogP contribution in [0.1, 0.15) is 57.6 Å². The number of nitrogens with zero attached hydrogens (tertiary/aromatic N) is 1. The van der Waals surface area contributed by atoms with Gasteiger partial charge in [0, 0.05) is 6.07 Å². The number of unbranched alkanes of at least 4 members (excludes halogenated alkanes) is 2. The van der Waals surface area contributed by atoms with Gasteiger partial charge in [-0.2, -0.15) is 5.26 Å². The summed E-state index contributed by atoms with van der Waals surface area (Å²) >= 11 is 3.62. The van der Waals surface area contributed by atoms with Crippen LogP contribution < -0.4 is 9.47 Å². The minimum Gasteiger partial charge on any atom is -0.493 e. The second-order valence-corrected chi connectivity index (χ2v) is 8.53. The normalized spacial score (nSPS) is 11.1. The van der Waals surface area contributed by atoms with Crippen LogP contribution in [0.3, 0.4) is 0 Å². The van der Waals surface area contributed by atoms with Crippen LogP contribution in [0, 0.1) is 16.7 Å². The van der Waals surface area contributed by atoms with E-state index in [-0.39, 0.29) is 5.41 Å². The SMILES string of the molecule is CCc1cc(Br)c(OCc2ccccc2)cc1OCCCCCC(C)(C)C#N. The number of hydrogen-bond acceptors (Lipinski definition) is 3. The zero-order chi connectivity index (χ0) is 20.4. The molecule has 0 aromatic heterocycles. The summed E-state index contributed by atoms with van der Waals surface area (Å²) in [5, 5.41) is 9.08. The lowest BCUT2D eigenvalue weighted by molar-refractivity contribution is 0.285. The fourth-order valence-electron chi connectivity index (χ4n) is 2.92. The Bertz CT molecular complexity index is 781. The molecule has 28 heavy (non-hydrogen) atoms. The van der Waals surface area contributed by atoms with Gasteiger partial charge >= 0.3 is 0 Å². The molecule has 0 N–H and O–H groups in total. The quantitative estimate of drug-likeness (QED) is 0.348. The number of halogens is 1. The first-order chi connectivity index (χ1) is 13.4. The van der Waals surface area contributed by atoms with E-state index < -0.39 is 0 Å². The molecule has 0 radical (unpaired) electrons. The maximum absolute atomic E-state index is 9.08. The van der Waals surface area contributed by atoms with Crippen molar-refractivity contribution in [3.63, 3.8) is 0 Å². The maximum Gasteiger partial charge on any atom is 0.137 e. The van der Waals surface area contributed by atoms with Gasteiger partial charge in [-0.25, -0.2) is 0 Å². The Morgan fingerprint density at radius 3 is 2.43 bits per heavy atom. The maximum atomic E-state index is 9.08. The Morgan fingerprint density at radius 1 is 1.00 bits per heavy atom. The largest absolute Gasteiger partial charge is 0.493 e. The number of ether oxygens (including phenoxy) is 2. The topological polar surface area (TPSA) is 42.2 Å². The molecular weight excluding hydrogens is 414 g/mol. The molecule has 2 aromatic rings. The van der Waals surface area contributed by atoms with Crippen molar-refractivity contribution in [1.29, 1.82) is 5.26 Å². The first kappa shape index (κ1) is 22.3. The highest BCUT2D eigenvalue weighted by Crippen LogP contribution is 2.34. The van der Waals surface area contributed by atoms with Gasteiger partial charge in [0.25, 0.3) is 0 Å². The van der Waals surface area contributed by atoms with E-state index in [1.54, 1.807) is 0 Å². The zero-order valence-electron chi connectivity index (χ0n) is 17.1. The van der Waals surface area contributed by atoms with E-state index in [1.807, 2.05) is 38.1 Å². The molecule has 0 aliphatic rings. The van der Waals surface area contributed by atoms with Crippen molar-refractivity contribution in [3.8, 4) is 17.6 Å². The Balaban J connectivity index is 1.89. The molecular formula is C24H30BrNO2. The van der Waals surface area contributed by atoms with Crippen molar-refractivity contribution >= 4 is 15.9 Å². The standard InChI is InChI=1S/C24H30BrNO2/c1-4-20-15-21(25)23(28-17-19-11-7-5-8-12-19)16-22(20)27-14-10-6-9-13-24(2,3)18-26/h5,7-8,11-12,15-16H,4,6,9-10,13-14,17H2,1-3H3. The van der Waals surface area contributed by atoms with Gasteiger partial charge in [-0.05, 0) is 66.2 Å². The van der Waals surface area contributed by atoms with Gasteiger partial charge in [0.15, 0.2) is 0 Å². The third kappa shape index (κ3) is 7.20. The molecule has 0 unspecified atom stereocenters. The average molecular weight is 444 g/mol. The highest BCUT2D eigenvalue weighted by molar-refractivity contribution is 9.10. The smallest absolute Gasteiger partial charge is 0.137 e. The number of aryl methyl sites for hydroxylation is 1. The van der Waals surface area contributed by atoms with Crippen LogP contribution in [0.25, 0.3) is 0 Å². The fourth-order valence-corrected chi connectivity index (χ4v) is 3.42. The molecule has 0 atom stereocenters. The summed E-state index contributed by atoms with van der Waals surface area (Å²) in [6, 6.07) is 16.6. The number of hydrogen-bond donors (Lipinski definition) is 0. The molecule has 0 bridgehead atoms. The van der Waals surface area contributed by atoms with E-state index in [0.29, 0.717) is 13.2 Å². The van der Waals surface area contributed by atoms with Crippen LogP contribution in [0.2, 0.25) is 0 Å². The van der Waals surface area contributed by atoms with Gasteiger partial charge in [0.2, 0.25) is 0 Å². The van der Waals surface area contributed by atoms with Gasteiger partial charge in [0.05, 0.1) is 22.6 Å². The second-order valence-electron chi connectivity index (χ2n) is 7.67. The highest BCUT2D eigenvalue weighted by atomic mass is 79.9. The molecule has 0 fully saturated rings. The van der Waals surface area contributed by atoms with E-state index in [1.165, 1.54) is 5.56 Å². The van der Waals surface area contributed by atoms with Crippen molar-refractivity contribution in [2.24, 2.45) is 5.41 Å². The number of rotatable bonds is 11. The molecule has 4 heteroatoms. The van der Waals surface area contributed by atoms with Gasteiger partial charge in [-0.3, -0.25) is 0 Å². The predicted molar refractivity (Wildman–Crippen MR) is 118 cm³/mol. The Kier molecular flexibility index (Phi) is 8.86. The monoisotopic (exact) mass is 443 g/mol. The third-order valence-electron chi connectivity index (χ3n) is 4.74. The van der Waals surface area contributed by atoms with E-state index in [4.69, 9.17) is 14.7 Å². The van der Waals surface area contributed by atoms with Gasteiger partial charge < -0.3 is 9.47 Å². The minimum atomic E-state index is -0.229. The molecule has 0 heterocycles. The molecule has 2 rings (SSSR count). The molecule has 0 saturated carbocycles. The lowest BCUT2D eigenvalue weighted by atomic mass is 9.89. The average Bonchev–Trinajstić information content (AvgIpc) is 2.70. The Labute approximate surface area is 177 Å². The van der Waals surface area contributed by atoms with Crippen LogP contribution in [-0.2, 0) is 13.0 Å². The van der Waals surface area contributed by atoms with Crippen LogP contribution in [0.4, 0.5) is 0 Å². The first-order valence-electron chi connectivity index (χ1n) is 9.98. The van der Waals surface area contributed by atoms with E-state index >= 15 is 0 Å². The van der Waals surface area contributed by atoms with Crippen molar-refractivity contribution < 1.29 is 9.47 Å². The van der Waals surface area contributed by atoms with Crippen LogP contribution in [-0.4, -0.2) is 6.61 Å². The summed E-state index contributed by atoms with van der Waals surface area (Å²) in [4.78, 5) is 0. The summed E-state index contributed by atoms with van der Waals surface area (Å²) in [6.07, 6.45) is 4.94. The van der Waals surface area contributed by atoms with Crippen LogP contribution in [0.5, 0.6) is 11.5 Å². The fraction of sp³-hybridized carbons (Fsp3) is 0.458. The number of benzene rings is 2. The summed E-state index contributed by atoms with van der Waals surface area (Å²) in [7, 11) is 0. The van der Waals surface area contributed by atoms with Gasteiger partial charge in [-0.15, -0.1) is 0 Å². The molecule has 3 nitrogen and oxygen atoms in total. The van der Waals surface area contributed by atoms with Crippen molar-refractivity contribution in [3.05, 3.63) is 58.1 Å². The van der Waals surface area contributed by atoms with E-state index in [2.05, 4.69) is 47.1 Å². The molecule has 2 aromatic carbocycles. The van der Waals surface area contributed by atoms with E-state index in [0.717, 1.165) is 53.6 Å². The van der Waals surface area contributed by atoms with Crippen molar-refractivity contribution in [1.82, 2.24) is 0 Å². The zero-order valence-corrected chi connectivity index (χ0v) is 18.7. The highest BCUT2D eigenvalue weighted by Gasteiger charge is 2.15. The Hall–Kier alpha value is -1.99. The lowest BCUT2D eigenvalue weighted by Gasteiger charge is -2.16. The lowest BCUT2D eigenvalue weighted by Crippen LogP contribution is -2.07. The van der Waals surface area contributed by atoms with Crippen molar-refractivity contribution in [2.75, 3.05) is 6.61 Å². The molecule has 0 aliphatic heterocycles. The van der Waals surface area contributed by atoms with Crippen LogP contribution in [0.15, 0.2) is 46.9 Å². The molecule has 0 saturated heterocycles. The predicted octanol–water partition coefficient (Wildman–Crippen LogP) is 7.08. The summed E-state index contributed by atoms with van der Waals surface area (Å²) < 4.78 is 13.0. The van der Waals surface area contributed by atoms with Gasteiger partial charge in [0.1, 0.15) is 18.1 Å². The van der Waals surface area contributed by atoms with Crippen LogP contribution >= 0.6 is 15.9 Å². The first-order valence-corrected chi connectivity index (χ1v) is 10.8. The number of nitriles is 1. The Morgan fingerprint density at radius 2 is 1.75 bits per heavy atom. The van der Waals surface area contributed by atoms with E-state index in [9.17, 15) is 0 Å². The summed E-state index contributed by atoms with van der Waals surface area (Å²) in [6.45, 7) is 7.33. The summed E-state index contributed by atoms with van der Waals surface area (Å²) in [5.41, 5.74) is 2.08.